The van der Waals surface area contributed by atoms with E-state index in [1.807, 2.05) is 12.1 Å². The van der Waals surface area contributed by atoms with Gasteiger partial charge < -0.3 is 14.4 Å². The molecule has 0 atom stereocenters. The zero-order valence-corrected chi connectivity index (χ0v) is 15.2. The first kappa shape index (κ1) is 17.7. The maximum atomic E-state index is 5.24. The van der Waals surface area contributed by atoms with Gasteiger partial charge in [-0.25, -0.2) is 0 Å². The predicted octanol–water partition coefficient (Wildman–Crippen LogP) is 3.82. The average Bonchev–Trinajstić information content (AvgIpc) is 2.49. The molecular formula is C19H29BN2O. The molecule has 0 spiro atoms. The third-order valence-electron chi connectivity index (χ3n) is 4.49. The van der Waals surface area contributed by atoms with E-state index < -0.39 is 0 Å². The molecule has 1 aromatic carbocycles. The van der Waals surface area contributed by atoms with E-state index in [0.29, 0.717) is 12.1 Å². The van der Waals surface area contributed by atoms with Gasteiger partial charge in [-0.05, 0) is 36.3 Å². The highest BCUT2D eigenvalue weighted by atomic mass is 16.5. The SMILES string of the molecule is C=C1CN(c2ccc(OC)cc2)CC(=C)B1N(C(C)C)C(C)C. The van der Waals surface area contributed by atoms with Crippen LogP contribution in [-0.4, -0.2) is 43.9 Å². The van der Waals surface area contributed by atoms with Crippen LogP contribution in [0.2, 0.25) is 0 Å². The number of benzene rings is 1. The minimum Gasteiger partial charge on any atom is -0.497 e. The second-order valence-electron chi connectivity index (χ2n) is 6.91. The van der Waals surface area contributed by atoms with E-state index in [2.05, 4.69) is 62.7 Å². The summed E-state index contributed by atoms with van der Waals surface area (Å²) in [7, 11) is 1.69. The van der Waals surface area contributed by atoms with E-state index in [9.17, 15) is 0 Å². The first-order valence-corrected chi connectivity index (χ1v) is 8.37. The fourth-order valence-electron chi connectivity index (χ4n) is 3.60. The van der Waals surface area contributed by atoms with E-state index in [4.69, 9.17) is 4.74 Å². The molecule has 0 aliphatic carbocycles. The zero-order valence-electron chi connectivity index (χ0n) is 15.2. The van der Waals surface area contributed by atoms with E-state index in [1.165, 1.54) is 16.6 Å². The Morgan fingerprint density at radius 1 is 1.00 bits per heavy atom. The summed E-state index contributed by atoms with van der Waals surface area (Å²) in [4.78, 5) is 4.84. The fourth-order valence-corrected chi connectivity index (χ4v) is 3.60. The van der Waals surface area contributed by atoms with Gasteiger partial charge in [-0.1, -0.05) is 38.6 Å². The van der Waals surface area contributed by atoms with Crippen molar-refractivity contribution in [3.8, 4) is 5.75 Å². The van der Waals surface area contributed by atoms with Crippen molar-refractivity contribution in [2.24, 2.45) is 0 Å². The van der Waals surface area contributed by atoms with Crippen LogP contribution in [0, 0.1) is 0 Å². The van der Waals surface area contributed by atoms with Crippen LogP contribution in [-0.2, 0) is 0 Å². The van der Waals surface area contributed by atoms with Crippen molar-refractivity contribution < 1.29 is 4.74 Å². The van der Waals surface area contributed by atoms with Crippen molar-refractivity contribution in [1.29, 1.82) is 0 Å². The number of hydrogen-bond donors (Lipinski definition) is 0. The molecule has 124 valence electrons. The van der Waals surface area contributed by atoms with Gasteiger partial charge in [-0.3, -0.25) is 0 Å². The lowest BCUT2D eigenvalue weighted by atomic mass is 9.46. The molecule has 1 aliphatic heterocycles. The molecule has 3 nitrogen and oxygen atoms in total. The Morgan fingerprint density at radius 2 is 1.48 bits per heavy atom. The lowest BCUT2D eigenvalue weighted by molar-refractivity contribution is 0.306. The van der Waals surface area contributed by atoms with Crippen molar-refractivity contribution in [2.75, 3.05) is 25.1 Å². The first-order valence-electron chi connectivity index (χ1n) is 8.37. The molecular weight excluding hydrogens is 283 g/mol. The number of rotatable bonds is 5. The maximum absolute atomic E-state index is 5.24. The molecule has 0 saturated carbocycles. The molecule has 0 unspecified atom stereocenters. The lowest BCUT2D eigenvalue weighted by Crippen LogP contribution is -2.56. The summed E-state index contributed by atoms with van der Waals surface area (Å²) in [5, 5.41) is 0. The Balaban J connectivity index is 2.18. The molecule has 0 amide bonds. The van der Waals surface area contributed by atoms with Crippen LogP contribution >= 0.6 is 0 Å². The van der Waals surface area contributed by atoms with Crippen LogP contribution in [0.5, 0.6) is 5.75 Å². The number of hydrogen-bond acceptors (Lipinski definition) is 3. The predicted molar refractivity (Wildman–Crippen MR) is 101 cm³/mol. The largest absolute Gasteiger partial charge is 0.497 e. The third-order valence-corrected chi connectivity index (χ3v) is 4.49. The van der Waals surface area contributed by atoms with Crippen LogP contribution < -0.4 is 9.64 Å². The standard InChI is InChI=1S/C19H29BN2O/c1-14(2)22(15(3)4)20-16(5)12-21(13-17(20)6)18-8-10-19(23-7)11-9-18/h8-11,14-15H,5-6,12-13H2,1-4,7H3. The first-order chi connectivity index (χ1) is 10.8. The summed E-state index contributed by atoms with van der Waals surface area (Å²) >= 11 is 0. The smallest absolute Gasteiger partial charge is 0.286 e. The van der Waals surface area contributed by atoms with Gasteiger partial charge in [0.05, 0.1) is 7.11 Å². The summed E-state index contributed by atoms with van der Waals surface area (Å²) in [6, 6.07) is 9.15. The summed E-state index contributed by atoms with van der Waals surface area (Å²) in [5.74, 6) is 0.882. The van der Waals surface area contributed by atoms with Crippen LogP contribution in [0.4, 0.5) is 5.69 Å². The van der Waals surface area contributed by atoms with Gasteiger partial charge >= 0.3 is 0 Å². The Bertz CT molecular complexity index is 539. The van der Waals surface area contributed by atoms with Crippen LogP contribution in [0.25, 0.3) is 0 Å². The van der Waals surface area contributed by atoms with Crippen molar-refractivity contribution in [3.63, 3.8) is 0 Å². The molecule has 1 saturated heterocycles. The molecule has 0 radical (unpaired) electrons. The summed E-state index contributed by atoms with van der Waals surface area (Å²) < 4.78 is 5.24. The van der Waals surface area contributed by atoms with Crippen molar-refractivity contribution in [3.05, 3.63) is 48.4 Å². The highest BCUT2D eigenvalue weighted by Crippen LogP contribution is 2.28. The van der Waals surface area contributed by atoms with Gasteiger partial charge in [-0.15, -0.1) is 13.2 Å². The van der Waals surface area contributed by atoms with Gasteiger partial charge in [0.25, 0.3) is 6.85 Å². The number of nitrogens with zero attached hydrogens (tertiary/aromatic N) is 2. The summed E-state index contributed by atoms with van der Waals surface area (Å²) in [5.41, 5.74) is 3.63. The van der Waals surface area contributed by atoms with Crippen LogP contribution in [0.1, 0.15) is 27.7 Å². The van der Waals surface area contributed by atoms with Crippen molar-refractivity contribution >= 4 is 12.5 Å². The molecule has 1 fully saturated rings. The Hall–Kier alpha value is -1.68. The molecule has 4 heteroatoms. The normalized spacial score (nSPS) is 16.0. The quantitative estimate of drug-likeness (QED) is 0.769. The highest BCUT2D eigenvalue weighted by Gasteiger charge is 2.36. The zero-order chi connectivity index (χ0) is 17.1. The van der Waals surface area contributed by atoms with Gasteiger partial charge in [0.1, 0.15) is 5.75 Å². The van der Waals surface area contributed by atoms with Gasteiger partial charge in [0.2, 0.25) is 0 Å². The second kappa shape index (κ2) is 7.26. The van der Waals surface area contributed by atoms with Gasteiger partial charge in [0.15, 0.2) is 0 Å². The Morgan fingerprint density at radius 3 is 1.87 bits per heavy atom. The van der Waals surface area contributed by atoms with E-state index in [0.717, 1.165) is 18.8 Å². The third kappa shape index (κ3) is 3.81. The molecule has 0 N–H and O–H groups in total. The minimum absolute atomic E-state index is 0.268. The Labute approximate surface area is 141 Å². The fraction of sp³-hybridized carbons (Fsp3) is 0.474. The molecule has 1 heterocycles. The second-order valence-corrected chi connectivity index (χ2v) is 6.91. The monoisotopic (exact) mass is 312 g/mol. The molecule has 0 bridgehead atoms. The highest BCUT2D eigenvalue weighted by molar-refractivity contribution is 6.72. The van der Waals surface area contributed by atoms with Crippen molar-refractivity contribution in [1.82, 2.24) is 4.81 Å². The van der Waals surface area contributed by atoms with E-state index >= 15 is 0 Å². The molecule has 1 aromatic rings. The number of methoxy groups -OCH3 is 1. The molecule has 23 heavy (non-hydrogen) atoms. The van der Waals surface area contributed by atoms with Gasteiger partial charge in [-0.2, -0.15) is 0 Å². The molecule has 1 aliphatic rings. The maximum Gasteiger partial charge on any atom is 0.286 e. The van der Waals surface area contributed by atoms with E-state index in [1.54, 1.807) is 7.11 Å². The summed E-state index contributed by atoms with van der Waals surface area (Å²) in [6.07, 6.45) is 0. The lowest BCUT2D eigenvalue weighted by Gasteiger charge is -2.44. The van der Waals surface area contributed by atoms with E-state index in [-0.39, 0.29) is 6.85 Å². The molecule has 0 aromatic heterocycles. The van der Waals surface area contributed by atoms with Crippen molar-refractivity contribution in [2.45, 2.75) is 39.8 Å². The number of anilines is 1. The number of ether oxygens (including phenoxy) is 1. The van der Waals surface area contributed by atoms with Crippen LogP contribution in [0.3, 0.4) is 0 Å². The summed E-state index contributed by atoms with van der Waals surface area (Å²) in [6.45, 7) is 19.7. The Kier molecular flexibility index (Phi) is 5.58. The average molecular weight is 312 g/mol. The topological polar surface area (TPSA) is 15.7 Å². The minimum atomic E-state index is 0.268. The van der Waals surface area contributed by atoms with Crippen LogP contribution in [0.15, 0.2) is 48.4 Å². The van der Waals surface area contributed by atoms with Gasteiger partial charge in [0, 0.05) is 18.8 Å². The molecule has 2 rings (SSSR count).